The highest BCUT2D eigenvalue weighted by atomic mass is 32.2. The highest BCUT2D eigenvalue weighted by molar-refractivity contribution is 7.89. The van der Waals surface area contributed by atoms with Crippen LogP contribution in [0.4, 0.5) is 0 Å². The van der Waals surface area contributed by atoms with Crippen LogP contribution >= 0.6 is 0 Å². The average Bonchev–Trinajstić information content (AvgIpc) is 3.02. The van der Waals surface area contributed by atoms with Crippen LogP contribution in [-0.4, -0.2) is 67.8 Å². The molecule has 0 saturated carbocycles. The zero-order valence-corrected chi connectivity index (χ0v) is 21.0. The first-order valence-corrected chi connectivity index (χ1v) is 12.4. The zero-order chi connectivity index (χ0) is 23.8. The van der Waals surface area contributed by atoms with Crippen LogP contribution in [0.2, 0.25) is 0 Å². The summed E-state index contributed by atoms with van der Waals surface area (Å²) < 4.78 is 35.2. The van der Waals surface area contributed by atoms with Crippen LogP contribution in [0.5, 0.6) is 5.75 Å². The summed E-state index contributed by atoms with van der Waals surface area (Å²) in [4.78, 5) is 15.4. The molecule has 1 aromatic heterocycles. The van der Waals surface area contributed by atoms with E-state index in [0.717, 1.165) is 17.0 Å². The zero-order valence-electron chi connectivity index (χ0n) is 20.2. The van der Waals surface area contributed by atoms with Crippen molar-refractivity contribution in [3.05, 3.63) is 46.8 Å². The Morgan fingerprint density at radius 3 is 2.16 bits per heavy atom. The van der Waals surface area contributed by atoms with Crippen LogP contribution in [0, 0.1) is 20.8 Å². The maximum absolute atomic E-state index is 13.1. The average molecular weight is 462 g/mol. The number of methoxy groups -OCH3 is 1. The summed E-state index contributed by atoms with van der Waals surface area (Å²) in [7, 11) is -2.02. The van der Waals surface area contributed by atoms with Gasteiger partial charge in [-0.15, -0.1) is 0 Å². The number of rotatable bonds is 6. The number of aromatic nitrogens is 1. The quantitative estimate of drug-likeness (QED) is 0.617. The lowest BCUT2D eigenvalue weighted by Crippen LogP contribution is -2.49. The van der Waals surface area contributed by atoms with E-state index in [2.05, 4.69) is 25.3 Å². The minimum Gasteiger partial charge on any atom is -0.497 e. The van der Waals surface area contributed by atoms with Crippen LogP contribution in [0.15, 0.2) is 29.2 Å². The predicted octanol–water partition coefficient (Wildman–Crippen LogP) is 3.37. The van der Waals surface area contributed by atoms with E-state index in [1.165, 1.54) is 4.31 Å². The summed E-state index contributed by atoms with van der Waals surface area (Å²) >= 11 is 0. The van der Waals surface area contributed by atoms with Gasteiger partial charge in [-0.3, -0.25) is 9.69 Å². The van der Waals surface area contributed by atoms with Gasteiger partial charge in [0.15, 0.2) is 5.78 Å². The number of ketones is 1. The van der Waals surface area contributed by atoms with E-state index in [-0.39, 0.29) is 11.3 Å². The fraction of sp³-hybridized carbons (Fsp3) is 0.542. The lowest BCUT2D eigenvalue weighted by molar-refractivity contribution is 0.0901. The molecule has 8 heteroatoms. The maximum atomic E-state index is 13.1. The summed E-state index contributed by atoms with van der Waals surface area (Å²) in [5.74, 6) is 0.714. The Bertz CT molecular complexity index is 1100. The van der Waals surface area contributed by atoms with Gasteiger partial charge in [0.2, 0.25) is 10.0 Å². The third kappa shape index (κ3) is 4.77. The largest absolute Gasteiger partial charge is 0.497 e. The number of Topliss-reactive ketones (excluding diaryl/α,β-unsaturated/α-hetero) is 1. The highest BCUT2D eigenvalue weighted by Crippen LogP contribution is 2.26. The molecule has 1 aromatic carbocycles. The molecule has 0 aliphatic carbocycles. The first kappa shape index (κ1) is 24.5. The van der Waals surface area contributed by atoms with Crippen molar-refractivity contribution in [3.8, 4) is 5.75 Å². The van der Waals surface area contributed by atoms with Crippen molar-refractivity contribution >= 4 is 15.8 Å². The summed E-state index contributed by atoms with van der Waals surface area (Å²) in [6.45, 7) is 14.3. The number of ether oxygens (including phenoxy) is 1. The molecule has 1 aliphatic rings. The van der Waals surface area contributed by atoms with Gasteiger partial charge in [-0.25, -0.2) is 8.42 Å². The van der Waals surface area contributed by atoms with Crippen molar-refractivity contribution in [1.82, 2.24) is 13.8 Å². The smallest absolute Gasteiger partial charge is 0.243 e. The Balaban J connectivity index is 1.67. The second kappa shape index (κ2) is 9.00. The first-order valence-electron chi connectivity index (χ1n) is 11.0. The lowest BCUT2D eigenvalue weighted by Gasteiger charge is -2.33. The second-order valence-electron chi connectivity index (χ2n) is 9.53. The van der Waals surface area contributed by atoms with Crippen molar-refractivity contribution in [3.63, 3.8) is 0 Å². The first-order chi connectivity index (χ1) is 14.9. The molecule has 0 spiro atoms. The molecule has 176 valence electrons. The van der Waals surface area contributed by atoms with Crippen LogP contribution in [0.1, 0.15) is 48.1 Å². The summed E-state index contributed by atoms with van der Waals surface area (Å²) in [5, 5.41) is 0. The number of nitrogens with zero attached hydrogens (tertiary/aromatic N) is 3. The van der Waals surface area contributed by atoms with Gasteiger partial charge < -0.3 is 9.30 Å². The second-order valence-corrected chi connectivity index (χ2v) is 11.4. The molecule has 3 rings (SSSR count). The number of sulfonamides is 1. The summed E-state index contributed by atoms with van der Waals surface area (Å²) in [6.07, 6.45) is 0. The van der Waals surface area contributed by atoms with Gasteiger partial charge >= 0.3 is 0 Å². The number of hydrogen-bond donors (Lipinski definition) is 0. The van der Waals surface area contributed by atoms with Gasteiger partial charge in [-0.05, 0) is 71.4 Å². The van der Waals surface area contributed by atoms with E-state index >= 15 is 0 Å². The molecule has 1 saturated heterocycles. The van der Waals surface area contributed by atoms with Crippen molar-refractivity contribution in [2.75, 3.05) is 39.8 Å². The van der Waals surface area contributed by atoms with E-state index in [1.807, 2.05) is 24.8 Å². The predicted molar refractivity (Wildman–Crippen MR) is 126 cm³/mol. The SMILES string of the molecule is COc1ccc(S(=O)(=O)N2CCN(CC(=O)c3cc(C)n(C(C)(C)C)c3C)CC2)c(C)c1. The molecule has 1 aliphatic heterocycles. The minimum absolute atomic E-state index is 0.0795. The van der Waals surface area contributed by atoms with E-state index < -0.39 is 10.0 Å². The Morgan fingerprint density at radius 1 is 1.03 bits per heavy atom. The van der Waals surface area contributed by atoms with Gasteiger partial charge in [-0.1, -0.05) is 0 Å². The molecule has 0 amide bonds. The summed E-state index contributed by atoms with van der Waals surface area (Å²) in [6, 6.07) is 6.97. The Morgan fingerprint density at radius 2 is 1.66 bits per heavy atom. The van der Waals surface area contributed by atoms with E-state index in [0.29, 0.717) is 48.9 Å². The number of hydrogen-bond acceptors (Lipinski definition) is 5. The molecule has 0 atom stereocenters. The molecule has 32 heavy (non-hydrogen) atoms. The third-order valence-corrected chi connectivity index (χ3v) is 8.16. The standard InChI is InChI=1S/C24H35N3O4S/c1-17-14-20(31-7)8-9-23(17)32(29,30)26-12-10-25(11-13-26)16-22(28)21-15-18(2)27(19(21)3)24(4,5)6/h8-9,14-15H,10-13,16H2,1-7H3. The van der Waals surface area contributed by atoms with Crippen LogP contribution in [0.3, 0.4) is 0 Å². The number of benzene rings is 1. The van der Waals surface area contributed by atoms with Crippen LogP contribution in [-0.2, 0) is 15.6 Å². The topological polar surface area (TPSA) is 71.9 Å². The monoisotopic (exact) mass is 461 g/mol. The number of piperazine rings is 1. The molecule has 1 fully saturated rings. The Kier molecular flexibility index (Phi) is 6.88. The normalized spacial score (nSPS) is 16.3. The molecule has 2 aromatic rings. The fourth-order valence-corrected chi connectivity index (χ4v) is 6.30. The van der Waals surface area contributed by atoms with E-state index in [9.17, 15) is 13.2 Å². The molecule has 2 heterocycles. The van der Waals surface area contributed by atoms with Crippen molar-refractivity contribution in [1.29, 1.82) is 0 Å². The molecule has 0 unspecified atom stereocenters. The van der Waals surface area contributed by atoms with Gasteiger partial charge in [0.1, 0.15) is 5.75 Å². The van der Waals surface area contributed by atoms with E-state index in [1.54, 1.807) is 32.2 Å². The van der Waals surface area contributed by atoms with Gasteiger partial charge in [-0.2, -0.15) is 4.31 Å². The van der Waals surface area contributed by atoms with Gasteiger partial charge in [0, 0.05) is 48.7 Å². The molecule has 0 bridgehead atoms. The van der Waals surface area contributed by atoms with Crippen molar-refractivity contribution in [2.45, 2.75) is 52.0 Å². The molecule has 0 radical (unpaired) electrons. The number of carbonyl (C=O) groups excluding carboxylic acids is 1. The van der Waals surface area contributed by atoms with Gasteiger partial charge in [0.05, 0.1) is 18.6 Å². The fourth-order valence-electron chi connectivity index (χ4n) is 4.67. The molecule has 0 N–H and O–H groups in total. The highest BCUT2D eigenvalue weighted by Gasteiger charge is 2.31. The third-order valence-electron chi connectivity index (χ3n) is 6.10. The number of carbonyl (C=O) groups is 1. The van der Waals surface area contributed by atoms with Crippen LogP contribution < -0.4 is 4.74 Å². The molecular weight excluding hydrogens is 426 g/mol. The van der Waals surface area contributed by atoms with Crippen molar-refractivity contribution < 1.29 is 17.9 Å². The van der Waals surface area contributed by atoms with Crippen LogP contribution in [0.25, 0.3) is 0 Å². The Labute approximate surface area is 192 Å². The van der Waals surface area contributed by atoms with Gasteiger partial charge in [0.25, 0.3) is 0 Å². The lowest BCUT2D eigenvalue weighted by atomic mass is 10.1. The summed E-state index contributed by atoms with van der Waals surface area (Å²) in [5.41, 5.74) is 3.38. The minimum atomic E-state index is -3.58. The van der Waals surface area contributed by atoms with E-state index in [4.69, 9.17) is 4.74 Å². The molecular formula is C24H35N3O4S. The molecule has 7 nitrogen and oxygen atoms in total. The van der Waals surface area contributed by atoms with Crippen molar-refractivity contribution in [2.24, 2.45) is 0 Å². The maximum Gasteiger partial charge on any atom is 0.243 e. The Hall–Kier alpha value is -2.16. The number of aryl methyl sites for hydroxylation is 2.